The second kappa shape index (κ2) is 40.8. The maximum absolute atomic E-state index is 17.0. The number of phenols is 4. The van der Waals surface area contributed by atoms with Gasteiger partial charge in [0.15, 0.2) is 35.3 Å². The van der Waals surface area contributed by atoms with E-state index in [1.54, 1.807) is 6.08 Å². The number of carbonyl (C=O) groups is 9. The number of carboxylic acids is 1. The molecular weight excluding hydrogens is 1780 g/mol. The van der Waals surface area contributed by atoms with Crippen LogP contribution in [0, 0.1) is 0 Å². The van der Waals surface area contributed by atoms with E-state index in [2.05, 4.69) is 42.5 Å². The zero-order valence-electron chi connectivity index (χ0n) is 69.9. The summed E-state index contributed by atoms with van der Waals surface area (Å²) in [6.45, 7) is -0.149. The van der Waals surface area contributed by atoms with Gasteiger partial charge < -0.3 is 167 Å². The third-order valence-electron chi connectivity index (χ3n) is 23.1. The highest BCUT2D eigenvalue weighted by atomic mass is 35.5. The molecule has 1 unspecified atom stereocenters. The predicted molar refractivity (Wildman–Crippen MR) is 453 cm³/mol. The third kappa shape index (κ3) is 20.6. The minimum absolute atomic E-state index is 0.0251. The summed E-state index contributed by atoms with van der Waals surface area (Å²) in [7, 11) is 0. The lowest BCUT2D eigenvalue weighted by Crippen LogP contribution is -2.65. The molecule has 0 radical (unpaired) electrons. The molecule has 8 amide bonds. The molecule has 0 aromatic heterocycles. The number of hydrogen-bond acceptors (Lipinski definition) is 33. The lowest BCUT2D eigenvalue weighted by molar-refractivity contribution is -0.284. The Morgan fingerprint density at radius 2 is 1.07 bits per heavy atom. The molecule has 0 spiro atoms. The Bertz CT molecular complexity index is 5600. The molecule has 0 aliphatic carbocycles. The Morgan fingerprint density at radius 3 is 1.70 bits per heavy atom. The molecule has 9 heterocycles. The van der Waals surface area contributed by atoms with Crippen LogP contribution in [0.1, 0.15) is 128 Å². The Labute approximate surface area is 759 Å². The molecule has 7 aromatic carbocycles. The number of carboxylic acid groups (broad SMARTS) is 1. The van der Waals surface area contributed by atoms with Gasteiger partial charge in [-0.1, -0.05) is 79.4 Å². The number of benzene rings is 7. The smallest absolute Gasteiger partial charge is 0.330 e. The van der Waals surface area contributed by atoms with Crippen LogP contribution in [-0.2, 0) is 68.5 Å². The van der Waals surface area contributed by atoms with Gasteiger partial charge in [0.2, 0.25) is 65.6 Å². The Morgan fingerprint density at radius 1 is 0.508 bits per heavy atom. The van der Waals surface area contributed by atoms with Crippen LogP contribution < -0.4 is 72.0 Å². The number of unbranched alkanes of at least 4 members (excludes halogenated alkanes) is 3. The minimum atomic E-state index is -2.59. The first-order valence-electron chi connectivity index (χ1n) is 41.7. The third-order valence-corrected chi connectivity index (χ3v) is 23.7. The fraction of sp³-hybridized carbons (Fsp3) is 0.398. The van der Waals surface area contributed by atoms with Crippen molar-refractivity contribution < 1.29 is 162 Å². The quantitative estimate of drug-likeness (QED) is 0.0396. The van der Waals surface area contributed by atoms with E-state index in [9.17, 15) is 95.8 Å². The van der Waals surface area contributed by atoms with Gasteiger partial charge in [-0.25, -0.2) is 4.79 Å². The first-order valence-corrected chi connectivity index (χ1v) is 42.5. The molecule has 7 aromatic rings. The number of phenolic OH excluding ortho intramolecular Hbond substituents is 4. The molecule has 3 saturated heterocycles. The number of hydrogen-bond donors (Lipinski definition) is 24. The van der Waals surface area contributed by atoms with E-state index in [0.717, 1.165) is 111 Å². The number of halogens is 2. The van der Waals surface area contributed by atoms with Crippen molar-refractivity contribution in [2.45, 2.75) is 199 Å². The minimum Gasteiger partial charge on any atom is -0.508 e. The number of allylic oxidation sites excluding steroid dienone is 2. The van der Waals surface area contributed by atoms with Gasteiger partial charge in [-0.05, 0) is 132 Å². The molecule has 3 fully saturated rings. The van der Waals surface area contributed by atoms with E-state index in [1.807, 2.05) is 13.0 Å². The number of aromatic hydroxyl groups is 4. The summed E-state index contributed by atoms with van der Waals surface area (Å²) in [5, 5.41) is 190. The molecule has 25 N–H and O–H groups in total. The molecule has 23 atom stereocenters. The monoisotopic (exact) mass is 1880 g/mol. The second-order valence-corrected chi connectivity index (χ2v) is 33.2. The highest BCUT2D eigenvalue weighted by Gasteiger charge is 2.52. The largest absolute Gasteiger partial charge is 0.508 e. The normalized spacial score (nSPS) is 28.9. The number of aliphatic hydroxyl groups excluding tert-OH is 10. The molecule has 132 heavy (non-hydrogen) atoms. The second-order valence-electron chi connectivity index (χ2n) is 32.3. The summed E-state index contributed by atoms with van der Waals surface area (Å²) in [5.41, 5.74) is 2.76. The van der Waals surface area contributed by atoms with Crippen molar-refractivity contribution in [1.29, 1.82) is 0 Å². The van der Waals surface area contributed by atoms with E-state index in [-0.39, 0.29) is 46.2 Å². The summed E-state index contributed by atoms with van der Waals surface area (Å²) in [6.07, 6.45) is -22.2. The van der Waals surface area contributed by atoms with Gasteiger partial charge in [-0.2, -0.15) is 0 Å². The van der Waals surface area contributed by atoms with Crippen LogP contribution in [0.3, 0.4) is 0 Å². The maximum atomic E-state index is 17.0. The molecule has 9 aliphatic rings. The molecular formula is C88H95Cl2N9O33. The maximum Gasteiger partial charge on any atom is 0.330 e. The highest BCUT2D eigenvalue weighted by molar-refractivity contribution is 6.32. The van der Waals surface area contributed by atoms with Gasteiger partial charge in [0.05, 0.1) is 29.9 Å². The van der Waals surface area contributed by atoms with Crippen LogP contribution in [0.25, 0.3) is 11.1 Å². The number of amides is 8. The lowest BCUT2D eigenvalue weighted by Gasteiger charge is -2.44. The average molecular weight is 1880 g/mol. The SMILES string of the molecule is CCCCC/C=C/CCC(=O)N[C@H]1[C@H](Oc2c3cc4cc2Oc2ccc(cc2Cl)[C@@H](O[C@@H]2O[C@H](CO)[C@@H](O)[C@H](O)[C@H]2NC(C)=O)[C@@H]2NC(=O)[C@H](NC(=O)[C@@H]4NC(=O)[C@H]4NC(=O)C(Cc5ccc(c(Cl)c5)O3)NC(=O)[C@H](N)c3ccc(O)c(c3)Oc3cc(O)cc4c3)c3ccc(O)c(c3)-c3c(O[C@@H]4O[C@H](CO)[C@@H](O)[C@H](O)[C@@H]4O)cc(O)cc3[C@@H](C(=O)O)NC2=O)O[C@H](CO)[C@@H](O)[C@@H]1O. The summed E-state index contributed by atoms with van der Waals surface area (Å²) in [4.78, 5) is 138. The van der Waals surface area contributed by atoms with Gasteiger partial charge in [0.25, 0.3) is 0 Å². The Hall–Kier alpha value is -12.3. The molecule has 17 bridgehead atoms. The molecule has 16 rings (SSSR count). The molecule has 0 saturated carbocycles. The van der Waals surface area contributed by atoms with Crippen LogP contribution in [0.5, 0.6) is 69.0 Å². The van der Waals surface area contributed by atoms with Crippen molar-refractivity contribution in [3.8, 4) is 80.1 Å². The van der Waals surface area contributed by atoms with Crippen LogP contribution in [-0.4, -0.2) is 254 Å². The van der Waals surface area contributed by atoms with Crippen LogP contribution in [0.4, 0.5) is 0 Å². The van der Waals surface area contributed by atoms with Crippen molar-refractivity contribution in [2.75, 3.05) is 19.8 Å². The fourth-order valence-corrected chi connectivity index (χ4v) is 16.7. The summed E-state index contributed by atoms with van der Waals surface area (Å²) >= 11 is 14.7. The van der Waals surface area contributed by atoms with Gasteiger partial charge in [-0.3, -0.25) is 38.4 Å². The average Bonchev–Trinajstić information content (AvgIpc) is 0.757. The first kappa shape index (κ1) is 95.8. The zero-order valence-corrected chi connectivity index (χ0v) is 71.4. The number of ether oxygens (including phenoxy) is 9. The number of carbonyl (C=O) groups excluding carboxylic acids is 8. The number of nitrogens with two attached hydrogens (primary N) is 1. The number of fused-ring (bicyclic) bond motifs is 14. The van der Waals surface area contributed by atoms with Gasteiger partial charge >= 0.3 is 5.97 Å². The number of aliphatic carboxylic acids is 1. The predicted octanol–water partition coefficient (Wildman–Crippen LogP) is 0.940. The topological polar surface area (TPSA) is 662 Å². The van der Waals surface area contributed by atoms with Crippen molar-refractivity contribution in [1.82, 2.24) is 42.5 Å². The fourth-order valence-electron chi connectivity index (χ4n) is 16.2. The number of rotatable bonds is 19. The summed E-state index contributed by atoms with van der Waals surface area (Å²) in [6, 6.07) is 0.558. The molecule has 704 valence electrons. The van der Waals surface area contributed by atoms with Gasteiger partial charge in [0.1, 0.15) is 156 Å². The zero-order chi connectivity index (χ0) is 94.7. The van der Waals surface area contributed by atoms with Crippen LogP contribution in [0.2, 0.25) is 10.0 Å². The molecule has 44 heteroatoms. The molecule has 42 nitrogen and oxygen atoms in total. The van der Waals surface area contributed by atoms with Crippen molar-refractivity contribution in [3.63, 3.8) is 0 Å². The number of nitrogens with one attached hydrogen (secondary N) is 8. The van der Waals surface area contributed by atoms with Crippen LogP contribution in [0.15, 0.2) is 127 Å². The van der Waals surface area contributed by atoms with Crippen LogP contribution >= 0.6 is 23.2 Å². The lowest BCUT2D eigenvalue weighted by atomic mass is 9.89. The number of aliphatic hydroxyl groups is 10. The van der Waals surface area contributed by atoms with Crippen molar-refractivity contribution in [2.24, 2.45) is 5.73 Å². The summed E-state index contributed by atoms with van der Waals surface area (Å²) < 4.78 is 57.4. The Balaban J connectivity index is 1.04. The molecule has 9 aliphatic heterocycles. The first-order chi connectivity index (χ1) is 63.0. The summed E-state index contributed by atoms with van der Waals surface area (Å²) in [5.74, 6) is -19.7. The van der Waals surface area contributed by atoms with E-state index in [0.29, 0.717) is 6.42 Å². The van der Waals surface area contributed by atoms with Crippen molar-refractivity contribution >= 4 is 76.4 Å². The van der Waals surface area contributed by atoms with Crippen molar-refractivity contribution in [3.05, 3.63) is 176 Å². The van der Waals surface area contributed by atoms with E-state index in [1.165, 1.54) is 30.3 Å². The van der Waals surface area contributed by atoms with Gasteiger partial charge in [0, 0.05) is 48.6 Å². The van der Waals surface area contributed by atoms with E-state index >= 15 is 24.0 Å². The van der Waals surface area contributed by atoms with E-state index in [4.69, 9.17) is 71.6 Å². The standard InChI is InChI=1S/C88H95Cl2N9O33/c1-3-4-5-6-7-8-9-10-60(108)94-68-74(113)71(110)58(32-101)129-87(68)132-78-55-26-40-27-56(78)126-52-18-14-38(24-47(52)90)77(131-86-67(92-34(2)103)73(112)70(109)57(31-100)128-86)69-84(121)98-66(85(122)123)45-29-42(105)30-54(127-88-76(115)75(114)72(111)59(33-102)130-88)61(45)44-23-37(13-15-49(44)106)63(81(118)99-69)96-83(120)65(40)97-82(119)64-39-21-41(104)28-43(22-39)124-53-25-36(12-16-50(53)107)62(91)80(117)93-48(79(116)95-64)20-35-11-17-51(125-55)46(89)19-35/h7-8,11-19,21-30,48,57-59,62-77,86-88,100-102,104-107,109-115H,3-6,9-10,20,31-33,91H2,1-2H3,(H,92,103)(H,93,117)(H,94,108)(H,95,116)(H,96,120)(H,97,119)(H,98,121)(H,99,118)(H,122,123)/b8-7+/t48?,57-,58-,59-,62-,63-,64+,65-,66+,67-,68-,69+,70-,71-,72-,73-,74-,75+,76+,77-,86+,87+,88-/m1/s1. The Kier molecular flexibility index (Phi) is 29.6. The van der Waals surface area contributed by atoms with Gasteiger partial charge in [-0.15, -0.1) is 0 Å². The highest BCUT2D eigenvalue weighted by Crippen LogP contribution is 2.51. The van der Waals surface area contributed by atoms with E-state index < -0.39 is 316 Å².